The Morgan fingerprint density at radius 1 is 0.963 bits per heavy atom. The second kappa shape index (κ2) is 9.91. The molecule has 0 aliphatic carbocycles. The predicted octanol–water partition coefficient (Wildman–Crippen LogP) is 2.08. The molecule has 0 aromatic heterocycles. The normalized spacial score (nSPS) is 11.6. The summed E-state index contributed by atoms with van der Waals surface area (Å²) in [6, 6.07) is 9.35. The Morgan fingerprint density at radius 2 is 1.56 bits per heavy atom. The Kier molecular flexibility index (Phi) is 8.24. The highest BCUT2D eigenvalue weighted by Crippen LogP contribution is 2.20. The third kappa shape index (κ3) is 10.2. The molecule has 2 amide bonds. The SMILES string of the molecule is CC(C)(CC(C)(C)NC(=O)OCc1ccccc1)NC(=O)COCC(=O)O. The van der Waals surface area contributed by atoms with Crippen molar-refractivity contribution < 1.29 is 29.0 Å². The van der Waals surface area contributed by atoms with Crippen LogP contribution in [-0.2, 0) is 25.7 Å². The molecule has 0 aliphatic rings. The van der Waals surface area contributed by atoms with Crippen LogP contribution in [0.5, 0.6) is 0 Å². The van der Waals surface area contributed by atoms with Gasteiger partial charge >= 0.3 is 12.1 Å². The van der Waals surface area contributed by atoms with Crippen LogP contribution >= 0.6 is 0 Å². The maximum absolute atomic E-state index is 12.0. The van der Waals surface area contributed by atoms with Crippen molar-refractivity contribution >= 4 is 18.0 Å². The summed E-state index contributed by atoms with van der Waals surface area (Å²) in [4.78, 5) is 34.3. The molecule has 0 unspecified atom stereocenters. The number of hydrogen-bond acceptors (Lipinski definition) is 5. The number of nitrogens with one attached hydrogen (secondary N) is 2. The van der Waals surface area contributed by atoms with Crippen LogP contribution in [0, 0.1) is 0 Å². The van der Waals surface area contributed by atoms with E-state index in [1.807, 2.05) is 44.2 Å². The molecule has 27 heavy (non-hydrogen) atoms. The summed E-state index contributed by atoms with van der Waals surface area (Å²) in [6.45, 7) is 6.56. The van der Waals surface area contributed by atoms with E-state index in [1.54, 1.807) is 13.8 Å². The van der Waals surface area contributed by atoms with Crippen LogP contribution in [-0.4, -0.2) is 47.4 Å². The van der Waals surface area contributed by atoms with Crippen molar-refractivity contribution in [1.29, 1.82) is 0 Å². The summed E-state index contributed by atoms with van der Waals surface area (Å²) in [5.74, 6) is -1.56. The quantitative estimate of drug-likeness (QED) is 0.573. The monoisotopic (exact) mass is 380 g/mol. The topological polar surface area (TPSA) is 114 Å². The van der Waals surface area contributed by atoms with Gasteiger partial charge in [-0.2, -0.15) is 0 Å². The van der Waals surface area contributed by atoms with Crippen LogP contribution in [0.15, 0.2) is 30.3 Å². The van der Waals surface area contributed by atoms with E-state index >= 15 is 0 Å². The molecule has 0 spiro atoms. The second-order valence-electron chi connectivity index (χ2n) is 7.57. The van der Waals surface area contributed by atoms with E-state index in [4.69, 9.17) is 14.6 Å². The standard InChI is InChI=1S/C19H28N2O6/c1-18(2,20-15(22)11-26-12-16(23)24)13-19(3,4)21-17(25)27-10-14-8-6-5-7-9-14/h5-9H,10-13H2,1-4H3,(H,20,22)(H,21,25)(H,23,24). The molecule has 1 aromatic rings. The third-order valence-corrected chi connectivity index (χ3v) is 3.47. The summed E-state index contributed by atoms with van der Waals surface area (Å²) < 4.78 is 9.99. The Bertz CT molecular complexity index is 643. The molecule has 3 N–H and O–H groups in total. The van der Waals surface area contributed by atoms with Crippen molar-refractivity contribution in [3.05, 3.63) is 35.9 Å². The molecule has 1 rings (SSSR count). The minimum Gasteiger partial charge on any atom is -0.480 e. The van der Waals surface area contributed by atoms with E-state index in [9.17, 15) is 14.4 Å². The minimum absolute atomic E-state index is 0.170. The molecule has 150 valence electrons. The van der Waals surface area contributed by atoms with Crippen molar-refractivity contribution in [2.24, 2.45) is 0 Å². The van der Waals surface area contributed by atoms with Gasteiger partial charge in [-0.1, -0.05) is 30.3 Å². The van der Waals surface area contributed by atoms with Gasteiger partial charge in [0.1, 0.15) is 19.8 Å². The third-order valence-electron chi connectivity index (χ3n) is 3.47. The van der Waals surface area contributed by atoms with Gasteiger partial charge < -0.3 is 25.2 Å². The fraction of sp³-hybridized carbons (Fsp3) is 0.526. The van der Waals surface area contributed by atoms with Gasteiger partial charge in [-0.15, -0.1) is 0 Å². The first kappa shape index (κ1) is 22.4. The van der Waals surface area contributed by atoms with Gasteiger partial charge in [-0.3, -0.25) is 4.79 Å². The molecular formula is C19H28N2O6. The first-order valence-corrected chi connectivity index (χ1v) is 8.58. The Labute approximate surface area is 159 Å². The number of ether oxygens (including phenoxy) is 2. The zero-order valence-corrected chi connectivity index (χ0v) is 16.2. The number of carbonyl (C=O) groups is 3. The Hall–Kier alpha value is -2.61. The van der Waals surface area contributed by atoms with Gasteiger partial charge in [0.15, 0.2) is 0 Å². The first-order valence-electron chi connectivity index (χ1n) is 8.58. The van der Waals surface area contributed by atoms with Crippen LogP contribution < -0.4 is 10.6 Å². The zero-order valence-electron chi connectivity index (χ0n) is 16.2. The van der Waals surface area contributed by atoms with E-state index in [0.717, 1.165) is 5.56 Å². The maximum atomic E-state index is 12.0. The number of benzene rings is 1. The van der Waals surface area contributed by atoms with Crippen molar-refractivity contribution in [3.8, 4) is 0 Å². The average molecular weight is 380 g/mol. The van der Waals surface area contributed by atoms with E-state index in [2.05, 4.69) is 10.6 Å². The minimum atomic E-state index is -1.14. The predicted molar refractivity (Wildman–Crippen MR) is 99.1 cm³/mol. The maximum Gasteiger partial charge on any atom is 0.407 e. The molecule has 0 bridgehead atoms. The first-order chi connectivity index (χ1) is 12.5. The number of carboxylic acid groups (broad SMARTS) is 1. The fourth-order valence-electron chi connectivity index (χ4n) is 2.87. The van der Waals surface area contributed by atoms with E-state index in [-0.39, 0.29) is 13.2 Å². The number of amides is 2. The van der Waals surface area contributed by atoms with Crippen LogP contribution in [0.4, 0.5) is 4.79 Å². The molecule has 8 nitrogen and oxygen atoms in total. The largest absolute Gasteiger partial charge is 0.480 e. The van der Waals surface area contributed by atoms with Gasteiger partial charge in [0.2, 0.25) is 5.91 Å². The van der Waals surface area contributed by atoms with Crippen molar-refractivity contribution in [2.45, 2.75) is 51.8 Å². The van der Waals surface area contributed by atoms with Crippen LogP contribution in [0.2, 0.25) is 0 Å². The molecule has 8 heteroatoms. The molecule has 0 aliphatic heterocycles. The number of hydrogen-bond donors (Lipinski definition) is 3. The van der Waals surface area contributed by atoms with E-state index in [1.165, 1.54) is 0 Å². The summed E-state index contributed by atoms with van der Waals surface area (Å²) in [7, 11) is 0. The lowest BCUT2D eigenvalue weighted by Crippen LogP contribution is -2.54. The molecule has 0 fully saturated rings. The van der Waals surface area contributed by atoms with Gasteiger partial charge in [0.25, 0.3) is 0 Å². The van der Waals surface area contributed by atoms with Gasteiger partial charge in [-0.05, 0) is 39.7 Å². The van der Waals surface area contributed by atoms with E-state index in [0.29, 0.717) is 6.42 Å². The molecule has 1 aromatic carbocycles. The van der Waals surface area contributed by atoms with Crippen molar-refractivity contribution in [2.75, 3.05) is 13.2 Å². The van der Waals surface area contributed by atoms with Gasteiger partial charge in [-0.25, -0.2) is 9.59 Å². The highest BCUT2D eigenvalue weighted by Gasteiger charge is 2.31. The zero-order chi connectivity index (χ0) is 20.5. The Balaban J connectivity index is 2.44. The number of carboxylic acids is 1. The van der Waals surface area contributed by atoms with Crippen LogP contribution in [0.3, 0.4) is 0 Å². The number of carbonyl (C=O) groups excluding carboxylic acids is 2. The smallest absolute Gasteiger partial charge is 0.407 e. The number of aliphatic carboxylic acids is 1. The van der Waals surface area contributed by atoms with Gasteiger partial charge in [0.05, 0.1) is 0 Å². The summed E-state index contributed by atoms with van der Waals surface area (Å²) in [5, 5.41) is 14.1. The van der Waals surface area contributed by atoms with Crippen molar-refractivity contribution in [3.63, 3.8) is 0 Å². The van der Waals surface area contributed by atoms with Crippen LogP contribution in [0.1, 0.15) is 39.7 Å². The number of rotatable bonds is 10. The molecule has 0 atom stereocenters. The second-order valence-corrected chi connectivity index (χ2v) is 7.57. The lowest BCUT2D eigenvalue weighted by atomic mass is 9.87. The van der Waals surface area contributed by atoms with E-state index < -0.39 is 35.7 Å². The lowest BCUT2D eigenvalue weighted by molar-refractivity contribution is -0.143. The molecule has 0 saturated carbocycles. The lowest BCUT2D eigenvalue weighted by Gasteiger charge is -2.35. The van der Waals surface area contributed by atoms with Gasteiger partial charge in [0, 0.05) is 11.1 Å². The summed E-state index contributed by atoms with van der Waals surface area (Å²) in [6.07, 6.45) is -0.124. The fourth-order valence-corrected chi connectivity index (χ4v) is 2.87. The molecule has 0 heterocycles. The molecule has 0 saturated heterocycles. The summed E-state index contributed by atoms with van der Waals surface area (Å²) >= 11 is 0. The van der Waals surface area contributed by atoms with Crippen molar-refractivity contribution in [1.82, 2.24) is 10.6 Å². The summed E-state index contributed by atoms with van der Waals surface area (Å²) in [5.41, 5.74) is -0.411. The average Bonchev–Trinajstić information content (AvgIpc) is 2.51. The molecule has 0 radical (unpaired) electrons. The van der Waals surface area contributed by atoms with Crippen LogP contribution in [0.25, 0.3) is 0 Å². The highest BCUT2D eigenvalue weighted by atomic mass is 16.5. The highest BCUT2D eigenvalue weighted by molar-refractivity contribution is 5.78. The number of alkyl carbamates (subject to hydrolysis) is 1. The molecular weight excluding hydrogens is 352 g/mol. The Morgan fingerprint density at radius 3 is 2.15 bits per heavy atom.